The second kappa shape index (κ2) is 13.0. The molecule has 0 aliphatic heterocycles. The van der Waals surface area contributed by atoms with Gasteiger partial charge in [-0.05, 0) is 60.7 Å². The zero-order chi connectivity index (χ0) is 32.4. The van der Waals surface area contributed by atoms with E-state index in [0.29, 0.717) is 47.3 Å². The van der Waals surface area contributed by atoms with Gasteiger partial charge in [-0.2, -0.15) is 0 Å². The molecule has 1 heterocycles. The van der Waals surface area contributed by atoms with Crippen molar-refractivity contribution in [2.75, 3.05) is 19.0 Å². The summed E-state index contributed by atoms with van der Waals surface area (Å²) in [5, 5.41) is 5.92. The van der Waals surface area contributed by atoms with Crippen molar-refractivity contribution in [1.82, 2.24) is 14.5 Å². The summed E-state index contributed by atoms with van der Waals surface area (Å²) in [5.41, 5.74) is 0.857. The second-order valence-corrected chi connectivity index (χ2v) is 11.3. The number of ketones is 1. The predicted molar refractivity (Wildman–Crippen MR) is 167 cm³/mol. The average molecular weight is 617 g/mol. The molecular weight excluding hydrogens is 582 g/mol. The molecule has 1 fully saturated rings. The molecule has 3 aromatic carbocycles. The SMILES string of the molecule is COc1cc(-c2cccc(-c3cccc(NC(=O)c4cn(C)c(=O)n(C)c4=O)c3C)c2F)cc(F)c1CNC[C@@H]1CCC(=O)C1. The minimum Gasteiger partial charge on any atom is -0.496 e. The van der Waals surface area contributed by atoms with Crippen molar-refractivity contribution < 1.29 is 23.1 Å². The summed E-state index contributed by atoms with van der Waals surface area (Å²) in [6, 6.07) is 12.7. The Labute approximate surface area is 258 Å². The molecule has 1 amide bonds. The number of nitrogens with one attached hydrogen (secondary N) is 2. The van der Waals surface area contributed by atoms with Gasteiger partial charge in [-0.25, -0.2) is 13.6 Å². The molecule has 1 atom stereocenters. The molecule has 0 bridgehead atoms. The fraction of sp³-hybridized carbons (Fsp3) is 0.294. The van der Waals surface area contributed by atoms with Crippen LogP contribution in [0.25, 0.3) is 22.3 Å². The Morgan fingerprint density at radius 3 is 2.44 bits per heavy atom. The number of aryl methyl sites for hydroxylation is 1. The van der Waals surface area contributed by atoms with Crippen molar-refractivity contribution in [3.63, 3.8) is 0 Å². The molecular formula is C34H34F2N4O5. The number of aromatic nitrogens is 2. The maximum absolute atomic E-state index is 16.2. The first-order chi connectivity index (χ1) is 21.5. The van der Waals surface area contributed by atoms with E-state index in [1.54, 1.807) is 49.4 Å². The van der Waals surface area contributed by atoms with Gasteiger partial charge in [-0.3, -0.25) is 19.0 Å². The van der Waals surface area contributed by atoms with Gasteiger partial charge in [0.2, 0.25) is 0 Å². The first kappa shape index (κ1) is 31.5. The highest BCUT2D eigenvalue weighted by molar-refractivity contribution is 6.04. The van der Waals surface area contributed by atoms with Crippen LogP contribution in [0.15, 0.2) is 64.3 Å². The van der Waals surface area contributed by atoms with Gasteiger partial charge < -0.3 is 19.9 Å². The summed E-state index contributed by atoms with van der Waals surface area (Å²) < 4.78 is 39.0. The molecule has 1 aliphatic rings. The summed E-state index contributed by atoms with van der Waals surface area (Å²) >= 11 is 0. The lowest BCUT2D eigenvalue weighted by atomic mass is 9.94. The summed E-state index contributed by atoms with van der Waals surface area (Å²) in [6.45, 7) is 2.50. The number of hydrogen-bond acceptors (Lipinski definition) is 6. The molecule has 1 aromatic heterocycles. The third kappa shape index (κ3) is 6.34. The summed E-state index contributed by atoms with van der Waals surface area (Å²) in [6.07, 6.45) is 3.11. The lowest BCUT2D eigenvalue weighted by Gasteiger charge is -2.17. The number of benzene rings is 3. The van der Waals surface area contributed by atoms with E-state index < -0.39 is 28.8 Å². The van der Waals surface area contributed by atoms with Gasteiger partial charge in [-0.15, -0.1) is 0 Å². The number of anilines is 1. The van der Waals surface area contributed by atoms with E-state index in [9.17, 15) is 19.2 Å². The molecule has 5 rings (SSSR count). The number of halogens is 2. The Balaban J connectivity index is 1.42. The fourth-order valence-corrected chi connectivity index (χ4v) is 5.77. The maximum Gasteiger partial charge on any atom is 0.330 e. The molecule has 0 spiro atoms. The predicted octanol–water partition coefficient (Wildman–Crippen LogP) is 4.72. The van der Waals surface area contributed by atoms with Crippen LogP contribution in [0.4, 0.5) is 14.5 Å². The zero-order valence-corrected chi connectivity index (χ0v) is 25.5. The minimum atomic E-state index is -0.738. The summed E-state index contributed by atoms with van der Waals surface area (Å²) in [7, 11) is 4.16. The minimum absolute atomic E-state index is 0.163. The Morgan fingerprint density at radius 2 is 1.73 bits per heavy atom. The molecule has 45 heavy (non-hydrogen) atoms. The van der Waals surface area contributed by atoms with Crippen molar-refractivity contribution in [3.8, 4) is 28.0 Å². The quantitative estimate of drug-likeness (QED) is 0.282. The van der Waals surface area contributed by atoms with Crippen LogP contribution in [0, 0.1) is 24.5 Å². The topological polar surface area (TPSA) is 111 Å². The van der Waals surface area contributed by atoms with Crippen LogP contribution in [0.3, 0.4) is 0 Å². The fourth-order valence-electron chi connectivity index (χ4n) is 5.77. The van der Waals surface area contributed by atoms with E-state index in [1.165, 1.54) is 33.5 Å². The van der Waals surface area contributed by atoms with E-state index in [0.717, 1.165) is 15.6 Å². The van der Waals surface area contributed by atoms with Gasteiger partial charge in [0.25, 0.3) is 11.5 Å². The number of methoxy groups -OCH3 is 1. The van der Waals surface area contributed by atoms with Crippen LogP contribution in [0.5, 0.6) is 5.75 Å². The highest BCUT2D eigenvalue weighted by Gasteiger charge is 2.23. The highest BCUT2D eigenvalue weighted by Crippen LogP contribution is 2.37. The van der Waals surface area contributed by atoms with Crippen molar-refractivity contribution in [3.05, 3.63) is 104 Å². The third-order valence-corrected chi connectivity index (χ3v) is 8.33. The monoisotopic (exact) mass is 616 g/mol. The van der Waals surface area contributed by atoms with Crippen molar-refractivity contribution >= 4 is 17.4 Å². The van der Waals surface area contributed by atoms with E-state index in [4.69, 9.17) is 4.74 Å². The normalized spacial score (nSPS) is 14.5. The van der Waals surface area contributed by atoms with Gasteiger partial charge in [0.15, 0.2) is 0 Å². The van der Waals surface area contributed by atoms with Crippen LogP contribution < -0.4 is 26.6 Å². The number of ether oxygens (including phenoxy) is 1. The number of hydrogen-bond donors (Lipinski definition) is 2. The third-order valence-electron chi connectivity index (χ3n) is 8.33. The smallest absolute Gasteiger partial charge is 0.330 e. The zero-order valence-electron chi connectivity index (χ0n) is 25.5. The maximum atomic E-state index is 16.2. The Bertz CT molecular complexity index is 1930. The number of amides is 1. The molecule has 1 aliphatic carbocycles. The highest BCUT2D eigenvalue weighted by atomic mass is 19.1. The van der Waals surface area contributed by atoms with Gasteiger partial charge in [0, 0.05) is 62.1 Å². The first-order valence-electron chi connectivity index (χ1n) is 14.6. The number of carbonyl (C=O) groups is 2. The molecule has 4 aromatic rings. The van der Waals surface area contributed by atoms with E-state index >= 15 is 8.78 Å². The largest absolute Gasteiger partial charge is 0.496 e. The van der Waals surface area contributed by atoms with Gasteiger partial charge in [0.1, 0.15) is 28.7 Å². The molecule has 0 radical (unpaired) electrons. The van der Waals surface area contributed by atoms with Gasteiger partial charge in [-0.1, -0.05) is 30.3 Å². The number of rotatable bonds is 9. The number of Topliss-reactive ketones (excluding diaryl/α,β-unsaturated/α-hetero) is 1. The molecule has 0 saturated heterocycles. The lowest BCUT2D eigenvalue weighted by molar-refractivity contribution is -0.117. The summed E-state index contributed by atoms with van der Waals surface area (Å²) in [5.74, 6) is -1.09. The van der Waals surface area contributed by atoms with E-state index in [-0.39, 0.29) is 40.7 Å². The second-order valence-electron chi connectivity index (χ2n) is 11.3. The Hall–Kier alpha value is -4.90. The van der Waals surface area contributed by atoms with Crippen LogP contribution in [-0.4, -0.2) is 34.5 Å². The molecule has 234 valence electrons. The summed E-state index contributed by atoms with van der Waals surface area (Å²) in [4.78, 5) is 49.2. The van der Waals surface area contributed by atoms with Crippen molar-refractivity contribution in [2.24, 2.45) is 20.0 Å². The first-order valence-corrected chi connectivity index (χ1v) is 14.6. The van der Waals surface area contributed by atoms with Gasteiger partial charge >= 0.3 is 5.69 Å². The van der Waals surface area contributed by atoms with E-state index in [1.807, 2.05) is 0 Å². The molecule has 0 unspecified atom stereocenters. The molecule has 2 N–H and O–H groups in total. The molecule has 9 nitrogen and oxygen atoms in total. The van der Waals surface area contributed by atoms with E-state index in [2.05, 4.69) is 10.6 Å². The number of carbonyl (C=O) groups excluding carboxylic acids is 2. The molecule has 1 saturated carbocycles. The van der Waals surface area contributed by atoms with Crippen LogP contribution >= 0.6 is 0 Å². The van der Waals surface area contributed by atoms with Crippen molar-refractivity contribution in [2.45, 2.75) is 32.7 Å². The average Bonchev–Trinajstić information content (AvgIpc) is 3.44. The van der Waals surface area contributed by atoms with Crippen LogP contribution in [0.1, 0.15) is 40.7 Å². The Kier molecular flexibility index (Phi) is 9.10. The van der Waals surface area contributed by atoms with Crippen LogP contribution in [-0.2, 0) is 25.4 Å². The van der Waals surface area contributed by atoms with Gasteiger partial charge in [0.05, 0.1) is 7.11 Å². The van der Waals surface area contributed by atoms with Crippen LogP contribution in [0.2, 0.25) is 0 Å². The lowest BCUT2D eigenvalue weighted by Crippen LogP contribution is -2.40. The number of nitrogens with zero attached hydrogens (tertiary/aromatic N) is 2. The van der Waals surface area contributed by atoms with Crippen molar-refractivity contribution in [1.29, 1.82) is 0 Å². The standard InChI is InChI=1S/C34H34F2N4O5/c1-19-23(7-6-10-29(19)38-32(42)27-18-39(2)34(44)40(3)33(27)43)25-9-5-8-24(31(25)36)21-14-28(35)26(30(15-21)45-4)17-37-16-20-11-12-22(41)13-20/h5-10,14-15,18,20,37H,11-13,16-17H2,1-4H3,(H,38,42)/t20-/m1/s1. The molecule has 11 heteroatoms. The Morgan fingerprint density at radius 1 is 1.02 bits per heavy atom.